The van der Waals surface area contributed by atoms with Gasteiger partial charge in [-0.05, 0) is 32.9 Å². The number of hydrogen-bond acceptors (Lipinski definition) is 5. The van der Waals surface area contributed by atoms with Crippen molar-refractivity contribution in [2.24, 2.45) is 5.92 Å². The molecule has 156 valence electrons. The fourth-order valence-electron chi connectivity index (χ4n) is 3.14. The van der Waals surface area contributed by atoms with Gasteiger partial charge in [-0.2, -0.15) is 0 Å². The van der Waals surface area contributed by atoms with Crippen LogP contribution >= 0.6 is 0 Å². The number of hydrogen-bond donors (Lipinski definition) is 1. The van der Waals surface area contributed by atoms with Crippen LogP contribution in [0, 0.1) is 19.8 Å². The molecule has 0 unspecified atom stereocenters. The average molecular weight is 408 g/mol. The molecule has 0 radical (unpaired) electrons. The van der Waals surface area contributed by atoms with Crippen molar-refractivity contribution in [3.8, 4) is 0 Å². The number of hydrazine groups is 1. The Kier molecular flexibility index (Phi) is 6.30. The predicted molar refractivity (Wildman–Crippen MR) is 110 cm³/mol. The third-order valence-electron chi connectivity index (χ3n) is 5.01. The van der Waals surface area contributed by atoms with Crippen molar-refractivity contribution >= 4 is 23.6 Å². The summed E-state index contributed by atoms with van der Waals surface area (Å²) in [7, 11) is 0. The van der Waals surface area contributed by atoms with Gasteiger partial charge in [0, 0.05) is 17.5 Å². The zero-order valence-electron chi connectivity index (χ0n) is 17.2. The largest absolute Gasteiger partial charge is 0.454 e. The van der Waals surface area contributed by atoms with Crippen molar-refractivity contribution in [3.63, 3.8) is 0 Å². The summed E-state index contributed by atoms with van der Waals surface area (Å²) in [5.74, 6) is -2.50. The molecule has 1 fully saturated rings. The molecule has 0 aromatic heterocycles. The Hall–Kier alpha value is -3.48. The Morgan fingerprint density at radius 1 is 0.967 bits per heavy atom. The van der Waals surface area contributed by atoms with Crippen molar-refractivity contribution < 1.29 is 23.9 Å². The first kappa shape index (κ1) is 21.2. The lowest BCUT2D eigenvalue weighted by Gasteiger charge is -2.18. The van der Waals surface area contributed by atoms with Crippen LogP contribution in [0.1, 0.15) is 45.2 Å². The first-order valence-corrected chi connectivity index (χ1v) is 9.74. The zero-order valence-corrected chi connectivity index (χ0v) is 17.2. The van der Waals surface area contributed by atoms with Crippen LogP contribution < -0.4 is 5.43 Å². The molecule has 1 heterocycles. The quantitative estimate of drug-likeness (QED) is 0.586. The van der Waals surface area contributed by atoms with Crippen LogP contribution in [-0.4, -0.2) is 41.2 Å². The molecule has 2 amide bonds. The van der Waals surface area contributed by atoms with E-state index in [1.807, 2.05) is 26.0 Å². The monoisotopic (exact) mass is 408 g/mol. The molecule has 30 heavy (non-hydrogen) atoms. The summed E-state index contributed by atoms with van der Waals surface area (Å²) in [6.07, 6.45) is -1.05. The van der Waals surface area contributed by atoms with E-state index in [4.69, 9.17) is 4.74 Å². The van der Waals surface area contributed by atoms with Crippen LogP contribution in [0.4, 0.5) is 0 Å². The maximum atomic E-state index is 12.5. The molecule has 3 rings (SSSR count). The molecule has 1 N–H and O–H groups in total. The normalized spacial score (nSPS) is 16.8. The molecule has 7 nitrogen and oxygen atoms in total. The van der Waals surface area contributed by atoms with Crippen LogP contribution in [0.5, 0.6) is 0 Å². The number of ether oxygens (including phenoxy) is 1. The molecule has 0 saturated carbocycles. The maximum Gasteiger partial charge on any atom is 0.312 e. The Bertz CT molecular complexity index is 966. The summed E-state index contributed by atoms with van der Waals surface area (Å²) in [5, 5.41) is 1.13. The minimum absolute atomic E-state index is 0.000705. The van der Waals surface area contributed by atoms with E-state index < -0.39 is 23.9 Å². The number of ketones is 1. The van der Waals surface area contributed by atoms with E-state index in [9.17, 15) is 19.2 Å². The highest BCUT2D eigenvalue weighted by Gasteiger charge is 2.37. The van der Waals surface area contributed by atoms with Crippen LogP contribution in [0.15, 0.2) is 48.5 Å². The van der Waals surface area contributed by atoms with Crippen LogP contribution in [0.3, 0.4) is 0 Å². The van der Waals surface area contributed by atoms with Crippen LogP contribution in [0.2, 0.25) is 0 Å². The zero-order chi connectivity index (χ0) is 21.8. The number of rotatable bonds is 6. The summed E-state index contributed by atoms with van der Waals surface area (Å²) in [4.78, 5) is 49.4. The number of esters is 1. The minimum atomic E-state index is -0.966. The Morgan fingerprint density at radius 3 is 2.07 bits per heavy atom. The van der Waals surface area contributed by atoms with E-state index in [0.717, 1.165) is 16.1 Å². The van der Waals surface area contributed by atoms with Gasteiger partial charge in [0.25, 0.3) is 5.91 Å². The topological polar surface area (TPSA) is 92.8 Å². The van der Waals surface area contributed by atoms with Crippen molar-refractivity contribution in [2.75, 3.05) is 6.54 Å². The highest BCUT2D eigenvalue weighted by Crippen LogP contribution is 2.19. The van der Waals surface area contributed by atoms with Crippen molar-refractivity contribution in [1.82, 2.24) is 10.4 Å². The van der Waals surface area contributed by atoms with Gasteiger partial charge >= 0.3 is 5.97 Å². The highest BCUT2D eigenvalue weighted by atomic mass is 16.5. The lowest BCUT2D eigenvalue weighted by Crippen LogP contribution is -2.43. The Balaban J connectivity index is 1.56. The third-order valence-corrected chi connectivity index (χ3v) is 5.01. The molecular formula is C23H24N2O5. The van der Waals surface area contributed by atoms with Crippen molar-refractivity contribution in [3.05, 3.63) is 70.8 Å². The first-order chi connectivity index (χ1) is 14.2. The van der Waals surface area contributed by atoms with E-state index >= 15 is 0 Å². The SMILES string of the molecule is Cc1ccc(C(=O)NN2C[C@H](C(=O)O[C@H](C)C(=O)c3ccc(C)cc3)CC2=O)cc1. The van der Waals surface area contributed by atoms with Crippen molar-refractivity contribution in [1.29, 1.82) is 0 Å². The molecule has 1 aliphatic rings. The molecule has 0 bridgehead atoms. The lowest BCUT2D eigenvalue weighted by atomic mass is 10.1. The minimum Gasteiger partial charge on any atom is -0.454 e. The molecule has 2 aromatic rings. The van der Waals surface area contributed by atoms with Gasteiger partial charge in [-0.25, -0.2) is 0 Å². The number of amides is 2. The summed E-state index contributed by atoms with van der Waals surface area (Å²) in [6, 6.07) is 13.9. The van der Waals surface area contributed by atoms with Crippen molar-refractivity contribution in [2.45, 2.75) is 33.3 Å². The third kappa shape index (κ3) is 4.92. The van der Waals surface area contributed by atoms with E-state index in [1.165, 1.54) is 6.92 Å². The molecule has 1 saturated heterocycles. The second-order valence-electron chi connectivity index (χ2n) is 7.52. The Labute approximate surface area is 175 Å². The maximum absolute atomic E-state index is 12.5. The number of Topliss-reactive ketones (excluding diaryl/α,β-unsaturated/α-hetero) is 1. The van der Waals surface area contributed by atoms with E-state index in [2.05, 4.69) is 5.43 Å². The van der Waals surface area contributed by atoms with Gasteiger partial charge in [0.05, 0.1) is 12.5 Å². The number of benzene rings is 2. The fourth-order valence-corrected chi connectivity index (χ4v) is 3.14. The number of aryl methyl sites for hydroxylation is 2. The molecule has 7 heteroatoms. The summed E-state index contributed by atoms with van der Waals surface area (Å²) < 4.78 is 5.30. The Morgan fingerprint density at radius 2 is 1.50 bits per heavy atom. The van der Waals surface area contributed by atoms with Gasteiger partial charge in [0.2, 0.25) is 11.7 Å². The first-order valence-electron chi connectivity index (χ1n) is 9.74. The predicted octanol–water partition coefficient (Wildman–Crippen LogP) is 2.61. The van der Waals surface area contributed by atoms with E-state index in [0.29, 0.717) is 11.1 Å². The van der Waals surface area contributed by atoms with Gasteiger partial charge in [-0.15, -0.1) is 0 Å². The van der Waals surface area contributed by atoms with E-state index in [-0.39, 0.29) is 24.7 Å². The van der Waals surface area contributed by atoms with Gasteiger partial charge in [0.1, 0.15) is 0 Å². The summed E-state index contributed by atoms with van der Waals surface area (Å²) in [5.41, 5.74) is 5.43. The summed E-state index contributed by atoms with van der Waals surface area (Å²) >= 11 is 0. The van der Waals surface area contributed by atoms with Gasteiger partial charge < -0.3 is 4.74 Å². The van der Waals surface area contributed by atoms with Gasteiger partial charge in [0.15, 0.2) is 6.10 Å². The standard InChI is InChI=1S/C23H24N2O5/c1-14-4-8-17(9-5-14)21(27)16(3)30-23(29)19-12-20(26)25(13-19)24-22(28)18-10-6-15(2)7-11-18/h4-11,16,19H,12-13H2,1-3H3,(H,24,28)/t16-,19-/m1/s1. The second-order valence-corrected chi connectivity index (χ2v) is 7.52. The number of nitrogens with one attached hydrogen (secondary N) is 1. The number of carbonyl (C=O) groups is 4. The molecule has 1 aliphatic heterocycles. The number of nitrogens with zero attached hydrogens (tertiary/aromatic N) is 1. The molecular weight excluding hydrogens is 384 g/mol. The summed E-state index contributed by atoms with van der Waals surface area (Å²) in [6.45, 7) is 5.33. The number of carbonyl (C=O) groups excluding carboxylic acids is 4. The molecule has 2 atom stereocenters. The fraction of sp³-hybridized carbons (Fsp3) is 0.304. The smallest absolute Gasteiger partial charge is 0.312 e. The lowest BCUT2D eigenvalue weighted by molar-refractivity contribution is -0.151. The van der Waals surface area contributed by atoms with Crippen LogP contribution in [-0.2, 0) is 14.3 Å². The molecule has 2 aromatic carbocycles. The average Bonchev–Trinajstić information content (AvgIpc) is 3.09. The van der Waals surface area contributed by atoms with Crippen LogP contribution in [0.25, 0.3) is 0 Å². The second kappa shape index (κ2) is 8.90. The van der Waals surface area contributed by atoms with E-state index in [1.54, 1.807) is 36.4 Å². The molecule has 0 aliphatic carbocycles. The van der Waals surface area contributed by atoms with Gasteiger partial charge in [-0.3, -0.25) is 29.6 Å². The highest BCUT2D eigenvalue weighted by molar-refractivity contribution is 6.00. The molecule has 0 spiro atoms. The van der Waals surface area contributed by atoms with Gasteiger partial charge in [-0.1, -0.05) is 47.5 Å².